The number of nitrogens with zero attached hydrogens (tertiary/aromatic N) is 2. The second-order valence-corrected chi connectivity index (χ2v) is 5.36. The molecule has 4 nitrogen and oxygen atoms in total. The molecule has 0 spiro atoms. The molecule has 22 heavy (non-hydrogen) atoms. The number of hydrogen-bond acceptors (Lipinski definition) is 3. The fourth-order valence-corrected chi connectivity index (χ4v) is 2.28. The zero-order chi connectivity index (χ0) is 15.9. The van der Waals surface area contributed by atoms with Crippen molar-refractivity contribution in [3.8, 4) is 0 Å². The fraction of sp³-hybridized carbons (Fsp3) is 0.294. The molecule has 2 rings (SSSR count). The second kappa shape index (κ2) is 7.80. The summed E-state index contributed by atoms with van der Waals surface area (Å²) >= 11 is 5.87. The van der Waals surface area contributed by atoms with Crippen LogP contribution in [0.5, 0.6) is 0 Å². The molecule has 0 atom stereocenters. The molecule has 2 aromatic rings. The number of aromatic nitrogens is 1. The summed E-state index contributed by atoms with van der Waals surface area (Å²) < 4.78 is 0. The highest BCUT2D eigenvalue weighted by atomic mass is 35.5. The van der Waals surface area contributed by atoms with Crippen LogP contribution in [0, 0.1) is 0 Å². The zero-order valence-corrected chi connectivity index (χ0v) is 13.6. The molecule has 5 heteroatoms. The minimum absolute atomic E-state index is 0.00708. The Kier molecular flexibility index (Phi) is 5.78. The van der Waals surface area contributed by atoms with Gasteiger partial charge in [0.2, 0.25) is 0 Å². The van der Waals surface area contributed by atoms with Crippen molar-refractivity contribution in [2.75, 3.05) is 18.4 Å². The van der Waals surface area contributed by atoms with E-state index in [-0.39, 0.29) is 5.91 Å². The van der Waals surface area contributed by atoms with E-state index in [1.54, 1.807) is 17.3 Å². The molecule has 0 bridgehead atoms. The summed E-state index contributed by atoms with van der Waals surface area (Å²) in [6.45, 7) is 5.98. The number of carbonyl (C=O) groups excluding carboxylic acids is 1. The normalized spacial score (nSPS) is 10.3. The van der Waals surface area contributed by atoms with Crippen molar-refractivity contribution in [3.05, 3.63) is 58.9 Å². The lowest BCUT2D eigenvalue weighted by Gasteiger charge is -2.18. The molecular weight excluding hydrogens is 298 g/mol. The topological polar surface area (TPSA) is 45.2 Å². The first-order valence-electron chi connectivity index (χ1n) is 7.36. The fourth-order valence-electron chi connectivity index (χ4n) is 2.15. The maximum absolute atomic E-state index is 12.3. The smallest absolute Gasteiger partial charge is 0.255 e. The van der Waals surface area contributed by atoms with Crippen molar-refractivity contribution in [2.24, 2.45) is 0 Å². The van der Waals surface area contributed by atoms with E-state index in [9.17, 15) is 4.79 Å². The summed E-state index contributed by atoms with van der Waals surface area (Å²) in [5, 5.41) is 3.99. The van der Waals surface area contributed by atoms with E-state index in [2.05, 4.69) is 10.3 Å². The number of rotatable bonds is 6. The Bertz CT molecular complexity index is 624. The van der Waals surface area contributed by atoms with E-state index in [0.29, 0.717) is 25.2 Å². The molecule has 0 saturated heterocycles. The zero-order valence-electron chi connectivity index (χ0n) is 12.8. The number of benzene rings is 1. The summed E-state index contributed by atoms with van der Waals surface area (Å²) in [7, 11) is 0. The lowest BCUT2D eigenvalue weighted by Crippen LogP contribution is -2.30. The first-order valence-corrected chi connectivity index (χ1v) is 7.74. The molecule has 1 N–H and O–H groups in total. The van der Waals surface area contributed by atoms with Gasteiger partial charge in [-0.3, -0.25) is 9.78 Å². The molecule has 0 saturated carbocycles. The predicted molar refractivity (Wildman–Crippen MR) is 90.3 cm³/mol. The molecule has 1 amide bonds. The van der Waals surface area contributed by atoms with Gasteiger partial charge in [-0.05, 0) is 37.6 Å². The summed E-state index contributed by atoms with van der Waals surface area (Å²) in [6.07, 6.45) is 3.32. The molecule has 0 fully saturated rings. The van der Waals surface area contributed by atoms with E-state index < -0.39 is 0 Å². The first-order chi connectivity index (χ1) is 10.6. The molecule has 0 radical (unpaired) electrons. The highest BCUT2D eigenvalue weighted by Gasteiger charge is 2.13. The Balaban J connectivity index is 2.05. The largest absolute Gasteiger partial charge is 0.380 e. The van der Waals surface area contributed by atoms with Crippen molar-refractivity contribution < 1.29 is 4.79 Å². The number of pyridine rings is 1. The van der Waals surface area contributed by atoms with Gasteiger partial charge in [0.05, 0.1) is 11.3 Å². The minimum atomic E-state index is 0.00708. The Morgan fingerprint density at radius 2 is 1.86 bits per heavy atom. The molecule has 1 heterocycles. The van der Waals surface area contributed by atoms with Crippen LogP contribution < -0.4 is 5.32 Å². The Labute approximate surface area is 136 Å². The Morgan fingerprint density at radius 1 is 1.18 bits per heavy atom. The van der Waals surface area contributed by atoms with Gasteiger partial charge >= 0.3 is 0 Å². The standard InChI is InChI=1S/C17H20ClN3O/c1-3-21(4-2)17(22)14-9-16(12-19-11-14)20-10-13-5-7-15(18)8-6-13/h5-9,11-12,20H,3-4,10H2,1-2H3. The van der Waals surface area contributed by atoms with Crippen LogP contribution in [0.2, 0.25) is 5.02 Å². The van der Waals surface area contributed by atoms with Crippen molar-refractivity contribution in [1.82, 2.24) is 9.88 Å². The third-order valence-electron chi connectivity index (χ3n) is 3.45. The molecule has 0 aliphatic heterocycles. The van der Waals surface area contributed by atoms with Gasteiger partial charge in [-0.1, -0.05) is 23.7 Å². The molecule has 0 aliphatic carbocycles. The van der Waals surface area contributed by atoms with Crippen LogP contribution in [0.4, 0.5) is 5.69 Å². The number of anilines is 1. The SMILES string of the molecule is CCN(CC)C(=O)c1cncc(NCc2ccc(Cl)cc2)c1. The lowest BCUT2D eigenvalue weighted by molar-refractivity contribution is 0.0772. The van der Waals surface area contributed by atoms with E-state index in [4.69, 9.17) is 11.6 Å². The monoisotopic (exact) mass is 317 g/mol. The van der Waals surface area contributed by atoms with Crippen LogP contribution in [-0.2, 0) is 6.54 Å². The Hall–Kier alpha value is -2.07. The van der Waals surface area contributed by atoms with Gasteiger partial charge in [0.15, 0.2) is 0 Å². The highest BCUT2D eigenvalue weighted by Crippen LogP contribution is 2.14. The van der Waals surface area contributed by atoms with Crippen molar-refractivity contribution >= 4 is 23.2 Å². The quantitative estimate of drug-likeness (QED) is 0.880. The predicted octanol–water partition coefficient (Wildman–Crippen LogP) is 3.83. The van der Waals surface area contributed by atoms with Crippen LogP contribution in [0.1, 0.15) is 29.8 Å². The summed E-state index contributed by atoms with van der Waals surface area (Å²) in [4.78, 5) is 18.2. The number of amides is 1. The maximum Gasteiger partial charge on any atom is 0.255 e. The van der Waals surface area contributed by atoms with Crippen molar-refractivity contribution in [2.45, 2.75) is 20.4 Å². The van der Waals surface area contributed by atoms with E-state index in [0.717, 1.165) is 16.3 Å². The van der Waals surface area contributed by atoms with Crippen molar-refractivity contribution in [1.29, 1.82) is 0 Å². The van der Waals surface area contributed by atoms with Crippen LogP contribution in [0.25, 0.3) is 0 Å². The second-order valence-electron chi connectivity index (χ2n) is 4.92. The number of carbonyl (C=O) groups is 1. The average molecular weight is 318 g/mol. The minimum Gasteiger partial charge on any atom is -0.380 e. The summed E-state index contributed by atoms with van der Waals surface area (Å²) in [5.41, 5.74) is 2.54. The first kappa shape index (κ1) is 16.3. The van der Waals surface area contributed by atoms with Crippen LogP contribution >= 0.6 is 11.6 Å². The molecular formula is C17H20ClN3O. The van der Waals surface area contributed by atoms with E-state index in [1.807, 2.05) is 44.2 Å². The van der Waals surface area contributed by atoms with Crippen molar-refractivity contribution in [3.63, 3.8) is 0 Å². The van der Waals surface area contributed by atoms with Crippen LogP contribution in [-0.4, -0.2) is 28.9 Å². The average Bonchev–Trinajstić information content (AvgIpc) is 2.55. The molecule has 0 unspecified atom stereocenters. The van der Waals surface area contributed by atoms with Gasteiger partial charge < -0.3 is 10.2 Å². The van der Waals surface area contributed by atoms with Gasteiger partial charge in [0.1, 0.15) is 0 Å². The van der Waals surface area contributed by atoms with Gasteiger partial charge in [0, 0.05) is 37.1 Å². The van der Waals surface area contributed by atoms with Gasteiger partial charge in [0.25, 0.3) is 5.91 Å². The van der Waals surface area contributed by atoms with Gasteiger partial charge in [-0.25, -0.2) is 0 Å². The highest BCUT2D eigenvalue weighted by molar-refractivity contribution is 6.30. The van der Waals surface area contributed by atoms with E-state index in [1.165, 1.54) is 0 Å². The summed E-state index contributed by atoms with van der Waals surface area (Å²) in [5.74, 6) is 0.00708. The number of hydrogen-bond donors (Lipinski definition) is 1. The summed E-state index contributed by atoms with van der Waals surface area (Å²) in [6, 6.07) is 9.49. The molecule has 116 valence electrons. The van der Waals surface area contributed by atoms with Crippen LogP contribution in [0.15, 0.2) is 42.7 Å². The van der Waals surface area contributed by atoms with Gasteiger partial charge in [-0.15, -0.1) is 0 Å². The maximum atomic E-state index is 12.3. The molecule has 0 aliphatic rings. The van der Waals surface area contributed by atoms with E-state index >= 15 is 0 Å². The Morgan fingerprint density at radius 3 is 2.50 bits per heavy atom. The van der Waals surface area contributed by atoms with Crippen LogP contribution in [0.3, 0.4) is 0 Å². The number of halogens is 1. The third-order valence-corrected chi connectivity index (χ3v) is 3.70. The lowest BCUT2D eigenvalue weighted by atomic mass is 10.2. The number of nitrogens with one attached hydrogen (secondary N) is 1. The van der Waals surface area contributed by atoms with Gasteiger partial charge in [-0.2, -0.15) is 0 Å². The molecule has 1 aromatic carbocycles. The third kappa shape index (κ3) is 4.21. The molecule has 1 aromatic heterocycles.